The summed E-state index contributed by atoms with van der Waals surface area (Å²) in [5.41, 5.74) is 6.24. The molecular formula is C14H19N5O2. The molecule has 1 aromatic rings. The van der Waals surface area contributed by atoms with Gasteiger partial charge in [0.25, 0.3) is 0 Å². The number of carbonyl (C=O) groups excluding carboxylic acids is 1. The molecule has 1 fully saturated rings. The maximum atomic E-state index is 11.6. The van der Waals surface area contributed by atoms with Crippen LogP contribution in [0.25, 0.3) is 0 Å². The van der Waals surface area contributed by atoms with Gasteiger partial charge in [0.05, 0.1) is 12.3 Å². The quantitative estimate of drug-likeness (QED) is 0.875. The van der Waals surface area contributed by atoms with Gasteiger partial charge in [-0.3, -0.25) is 0 Å². The molecule has 7 nitrogen and oxygen atoms in total. The lowest BCUT2D eigenvalue weighted by molar-refractivity contribution is 0.0983. The van der Waals surface area contributed by atoms with E-state index in [4.69, 9.17) is 15.7 Å². The molecule has 0 aliphatic carbocycles. The number of ether oxygens (including phenoxy) is 1. The highest BCUT2D eigenvalue weighted by Crippen LogP contribution is 2.18. The molecule has 21 heavy (non-hydrogen) atoms. The number of rotatable bonds is 3. The summed E-state index contributed by atoms with van der Waals surface area (Å²) < 4.78 is 4.98. The molecule has 0 unspecified atom stereocenters. The number of piperidine rings is 1. The first-order valence-electron chi connectivity index (χ1n) is 6.99. The predicted octanol–water partition coefficient (Wildman–Crippen LogP) is 1.57. The second kappa shape index (κ2) is 6.79. The van der Waals surface area contributed by atoms with Crippen molar-refractivity contribution in [2.75, 3.05) is 30.7 Å². The van der Waals surface area contributed by atoms with Gasteiger partial charge < -0.3 is 20.7 Å². The number of nitrogen functional groups attached to an aromatic ring is 1. The molecule has 0 bridgehead atoms. The van der Waals surface area contributed by atoms with Crippen molar-refractivity contribution in [2.45, 2.75) is 25.8 Å². The van der Waals surface area contributed by atoms with E-state index < -0.39 is 0 Å². The number of anilines is 2. The van der Waals surface area contributed by atoms with E-state index >= 15 is 0 Å². The SMILES string of the molecule is CCOC(=O)N1CCC(Nc2ccc(N)c(C#N)n2)CC1. The van der Waals surface area contributed by atoms with Crippen LogP contribution in [0.15, 0.2) is 12.1 Å². The fraction of sp³-hybridized carbons (Fsp3) is 0.500. The van der Waals surface area contributed by atoms with Crippen molar-refractivity contribution < 1.29 is 9.53 Å². The Morgan fingerprint density at radius 3 is 2.90 bits per heavy atom. The fourth-order valence-corrected chi connectivity index (χ4v) is 2.27. The lowest BCUT2D eigenvalue weighted by Crippen LogP contribution is -2.42. The van der Waals surface area contributed by atoms with E-state index in [1.807, 2.05) is 6.07 Å². The minimum atomic E-state index is -0.256. The Labute approximate surface area is 123 Å². The first-order valence-corrected chi connectivity index (χ1v) is 6.99. The van der Waals surface area contributed by atoms with E-state index in [1.54, 1.807) is 24.0 Å². The van der Waals surface area contributed by atoms with E-state index in [9.17, 15) is 4.79 Å². The van der Waals surface area contributed by atoms with Crippen LogP contribution in [0.3, 0.4) is 0 Å². The molecule has 1 saturated heterocycles. The van der Waals surface area contributed by atoms with Crippen LogP contribution in [0.5, 0.6) is 0 Å². The summed E-state index contributed by atoms with van der Waals surface area (Å²) >= 11 is 0. The van der Waals surface area contributed by atoms with Crippen LogP contribution in [-0.2, 0) is 4.74 Å². The number of nitrogens with one attached hydrogen (secondary N) is 1. The summed E-state index contributed by atoms with van der Waals surface area (Å²) in [6, 6.07) is 5.61. The Balaban J connectivity index is 1.89. The van der Waals surface area contributed by atoms with E-state index in [0.717, 1.165) is 12.8 Å². The van der Waals surface area contributed by atoms with Crippen molar-refractivity contribution in [1.82, 2.24) is 9.88 Å². The van der Waals surface area contributed by atoms with Crippen LogP contribution in [0, 0.1) is 11.3 Å². The number of pyridine rings is 1. The monoisotopic (exact) mass is 289 g/mol. The van der Waals surface area contributed by atoms with Gasteiger partial charge in [-0.05, 0) is 31.9 Å². The van der Waals surface area contributed by atoms with E-state index in [0.29, 0.717) is 31.2 Å². The van der Waals surface area contributed by atoms with Gasteiger partial charge in [0.15, 0.2) is 5.69 Å². The second-order valence-corrected chi connectivity index (χ2v) is 4.85. The van der Waals surface area contributed by atoms with Gasteiger partial charge in [0.1, 0.15) is 11.9 Å². The molecule has 0 saturated carbocycles. The number of nitrogens with two attached hydrogens (primary N) is 1. The maximum absolute atomic E-state index is 11.6. The zero-order valence-corrected chi connectivity index (χ0v) is 12.0. The largest absolute Gasteiger partial charge is 0.450 e. The van der Waals surface area contributed by atoms with Crippen LogP contribution in [0.1, 0.15) is 25.5 Å². The number of hydrogen-bond acceptors (Lipinski definition) is 6. The highest BCUT2D eigenvalue weighted by Gasteiger charge is 2.23. The van der Waals surface area contributed by atoms with Crippen molar-refractivity contribution >= 4 is 17.6 Å². The Bertz CT molecular complexity index is 547. The van der Waals surface area contributed by atoms with Crippen LogP contribution in [-0.4, -0.2) is 41.7 Å². The topological polar surface area (TPSA) is 104 Å². The Hall–Kier alpha value is -2.49. The summed E-state index contributed by atoms with van der Waals surface area (Å²) in [6.07, 6.45) is 1.37. The number of amides is 1. The number of likely N-dealkylation sites (tertiary alicyclic amines) is 1. The highest BCUT2D eigenvalue weighted by atomic mass is 16.6. The fourth-order valence-electron chi connectivity index (χ4n) is 2.27. The van der Waals surface area contributed by atoms with Crippen molar-refractivity contribution in [3.63, 3.8) is 0 Å². The molecule has 1 amide bonds. The molecule has 0 atom stereocenters. The summed E-state index contributed by atoms with van der Waals surface area (Å²) in [7, 11) is 0. The smallest absolute Gasteiger partial charge is 0.409 e. The maximum Gasteiger partial charge on any atom is 0.409 e. The summed E-state index contributed by atoms with van der Waals surface area (Å²) in [6.45, 7) is 3.49. The average molecular weight is 289 g/mol. The molecule has 3 N–H and O–H groups in total. The molecule has 0 spiro atoms. The zero-order valence-electron chi connectivity index (χ0n) is 12.0. The molecule has 2 rings (SSSR count). The summed E-state index contributed by atoms with van der Waals surface area (Å²) in [5, 5.41) is 12.2. The number of aromatic nitrogens is 1. The molecule has 0 aromatic carbocycles. The zero-order chi connectivity index (χ0) is 15.2. The lowest BCUT2D eigenvalue weighted by Gasteiger charge is -2.31. The molecule has 7 heteroatoms. The number of nitrogens with zero attached hydrogens (tertiary/aromatic N) is 3. The number of carbonyl (C=O) groups is 1. The van der Waals surface area contributed by atoms with Gasteiger partial charge in [0, 0.05) is 19.1 Å². The van der Waals surface area contributed by atoms with Crippen molar-refractivity contribution in [1.29, 1.82) is 5.26 Å². The van der Waals surface area contributed by atoms with Gasteiger partial charge in [-0.1, -0.05) is 0 Å². The molecule has 1 aromatic heterocycles. The van der Waals surface area contributed by atoms with Crippen LogP contribution in [0.4, 0.5) is 16.3 Å². The van der Waals surface area contributed by atoms with Gasteiger partial charge in [-0.15, -0.1) is 0 Å². The Kier molecular flexibility index (Phi) is 4.82. The average Bonchev–Trinajstić information content (AvgIpc) is 2.50. The van der Waals surface area contributed by atoms with Crippen LogP contribution >= 0.6 is 0 Å². The van der Waals surface area contributed by atoms with Gasteiger partial charge in [0.2, 0.25) is 0 Å². The minimum Gasteiger partial charge on any atom is -0.450 e. The third-order valence-electron chi connectivity index (χ3n) is 3.41. The molecule has 1 aliphatic heterocycles. The van der Waals surface area contributed by atoms with E-state index in [-0.39, 0.29) is 17.8 Å². The summed E-state index contributed by atoms with van der Waals surface area (Å²) in [5.74, 6) is 0.635. The molecular weight excluding hydrogens is 270 g/mol. The first kappa shape index (κ1) is 14.9. The normalized spacial score (nSPS) is 15.3. The standard InChI is InChI=1S/C14H19N5O2/c1-2-21-14(20)19-7-5-10(6-8-19)17-13-4-3-11(16)12(9-15)18-13/h3-4,10H,2,5-8,16H2,1H3,(H,17,18). The highest BCUT2D eigenvalue weighted by molar-refractivity contribution is 5.67. The molecule has 1 aliphatic rings. The number of hydrogen-bond donors (Lipinski definition) is 2. The predicted molar refractivity (Wildman–Crippen MR) is 78.6 cm³/mol. The lowest BCUT2D eigenvalue weighted by atomic mass is 10.1. The Morgan fingerprint density at radius 1 is 1.57 bits per heavy atom. The van der Waals surface area contributed by atoms with Crippen LogP contribution in [0.2, 0.25) is 0 Å². The van der Waals surface area contributed by atoms with Crippen molar-refractivity contribution in [3.05, 3.63) is 17.8 Å². The van der Waals surface area contributed by atoms with E-state index in [1.165, 1.54) is 0 Å². The third kappa shape index (κ3) is 3.75. The second-order valence-electron chi connectivity index (χ2n) is 4.85. The van der Waals surface area contributed by atoms with Crippen molar-refractivity contribution in [2.24, 2.45) is 0 Å². The van der Waals surface area contributed by atoms with Crippen LogP contribution < -0.4 is 11.1 Å². The van der Waals surface area contributed by atoms with Gasteiger partial charge in [-0.25, -0.2) is 9.78 Å². The minimum absolute atomic E-state index is 0.221. The molecule has 2 heterocycles. The van der Waals surface area contributed by atoms with Gasteiger partial charge in [-0.2, -0.15) is 5.26 Å². The third-order valence-corrected chi connectivity index (χ3v) is 3.41. The van der Waals surface area contributed by atoms with Crippen molar-refractivity contribution in [3.8, 4) is 6.07 Å². The number of nitriles is 1. The Morgan fingerprint density at radius 2 is 2.29 bits per heavy atom. The molecule has 0 radical (unpaired) electrons. The summed E-state index contributed by atoms with van der Waals surface area (Å²) in [4.78, 5) is 17.5. The first-order chi connectivity index (χ1) is 10.1. The van der Waals surface area contributed by atoms with Gasteiger partial charge >= 0.3 is 6.09 Å². The van der Waals surface area contributed by atoms with E-state index in [2.05, 4.69) is 10.3 Å². The molecule has 112 valence electrons.